The quantitative estimate of drug-likeness (QED) is 0.691. The van der Waals surface area contributed by atoms with E-state index in [4.69, 9.17) is 18.0 Å². The zero-order chi connectivity index (χ0) is 15.2. The highest BCUT2D eigenvalue weighted by atomic mass is 28.4. The number of benzene rings is 1. The standard InChI is InChI=1S/C15H26O4Si/c1-7-17-20(18-8-2,19-9-3)15-12(4)10-14(16-6)11-13(15)5/h10-11H,7-9H2,1-6H3. The number of rotatable bonds is 8. The first kappa shape index (κ1) is 17.2. The van der Waals surface area contributed by atoms with E-state index in [1.165, 1.54) is 0 Å². The van der Waals surface area contributed by atoms with Crippen molar-refractivity contribution in [3.05, 3.63) is 23.3 Å². The molecule has 1 rings (SSSR count). The van der Waals surface area contributed by atoms with E-state index in [-0.39, 0.29) is 0 Å². The van der Waals surface area contributed by atoms with Gasteiger partial charge < -0.3 is 18.0 Å². The predicted molar refractivity (Wildman–Crippen MR) is 82.7 cm³/mol. The molecule has 0 unspecified atom stereocenters. The summed E-state index contributed by atoms with van der Waals surface area (Å²) >= 11 is 0. The van der Waals surface area contributed by atoms with Crippen molar-refractivity contribution in [2.24, 2.45) is 0 Å². The van der Waals surface area contributed by atoms with E-state index in [0.717, 1.165) is 22.1 Å². The van der Waals surface area contributed by atoms with Gasteiger partial charge in [0.15, 0.2) is 0 Å². The molecule has 0 bridgehead atoms. The Hall–Kier alpha value is -0.883. The van der Waals surface area contributed by atoms with Crippen LogP contribution in [0, 0.1) is 13.8 Å². The van der Waals surface area contributed by atoms with Gasteiger partial charge in [-0.1, -0.05) is 0 Å². The third kappa shape index (κ3) is 3.61. The molecule has 0 saturated heterocycles. The van der Waals surface area contributed by atoms with Gasteiger partial charge in [0.05, 0.1) is 7.11 Å². The van der Waals surface area contributed by atoms with Gasteiger partial charge in [0.25, 0.3) is 0 Å². The highest BCUT2D eigenvalue weighted by molar-refractivity contribution is 6.76. The monoisotopic (exact) mass is 298 g/mol. The van der Waals surface area contributed by atoms with Crippen molar-refractivity contribution in [2.75, 3.05) is 26.9 Å². The zero-order valence-electron chi connectivity index (χ0n) is 13.4. The fraction of sp³-hybridized carbons (Fsp3) is 0.600. The van der Waals surface area contributed by atoms with E-state index < -0.39 is 8.80 Å². The second kappa shape index (κ2) is 7.78. The van der Waals surface area contributed by atoms with E-state index in [0.29, 0.717) is 19.8 Å². The molecule has 0 aliphatic carbocycles. The maximum absolute atomic E-state index is 5.99. The highest BCUT2D eigenvalue weighted by Crippen LogP contribution is 2.21. The molecule has 114 valence electrons. The summed E-state index contributed by atoms with van der Waals surface area (Å²) in [7, 11) is -1.18. The first-order chi connectivity index (χ1) is 9.54. The highest BCUT2D eigenvalue weighted by Gasteiger charge is 2.45. The molecule has 0 N–H and O–H groups in total. The molecular weight excluding hydrogens is 272 g/mol. The molecule has 0 aliphatic heterocycles. The van der Waals surface area contributed by atoms with Crippen LogP contribution >= 0.6 is 0 Å². The van der Waals surface area contributed by atoms with Gasteiger partial charge in [-0.05, 0) is 57.9 Å². The van der Waals surface area contributed by atoms with Crippen molar-refractivity contribution in [2.45, 2.75) is 34.6 Å². The maximum Gasteiger partial charge on any atom is 0.537 e. The smallest absolute Gasteiger partial charge is 0.497 e. The molecule has 0 spiro atoms. The fourth-order valence-electron chi connectivity index (χ4n) is 2.44. The lowest BCUT2D eigenvalue weighted by Crippen LogP contribution is -2.58. The molecule has 0 atom stereocenters. The van der Waals surface area contributed by atoms with Gasteiger partial charge in [0.2, 0.25) is 0 Å². The van der Waals surface area contributed by atoms with Crippen molar-refractivity contribution in [3.63, 3.8) is 0 Å². The number of hydrogen-bond donors (Lipinski definition) is 0. The SMILES string of the molecule is CCO[Si](OCC)(OCC)c1c(C)cc(OC)cc1C. The molecule has 0 saturated carbocycles. The molecule has 0 fully saturated rings. The largest absolute Gasteiger partial charge is 0.537 e. The number of hydrogen-bond acceptors (Lipinski definition) is 4. The summed E-state index contributed by atoms with van der Waals surface area (Å²) in [5, 5.41) is 1.06. The Morgan fingerprint density at radius 3 is 1.55 bits per heavy atom. The lowest BCUT2D eigenvalue weighted by atomic mass is 10.1. The Morgan fingerprint density at radius 1 is 0.850 bits per heavy atom. The molecule has 0 radical (unpaired) electrons. The van der Waals surface area contributed by atoms with Crippen LogP contribution in [0.3, 0.4) is 0 Å². The second-order valence-corrected chi connectivity index (χ2v) is 6.97. The number of ether oxygens (including phenoxy) is 1. The van der Waals surface area contributed by atoms with Crippen molar-refractivity contribution in [1.29, 1.82) is 0 Å². The maximum atomic E-state index is 5.99. The van der Waals surface area contributed by atoms with Crippen LogP contribution in [0.25, 0.3) is 0 Å². The average Bonchev–Trinajstić information content (AvgIpc) is 2.38. The Morgan fingerprint density at radius 2 is 1.25 bits per heavy atom. The van der Waals surface area contributed by atoms with Crippen LogP contribution in [0.4, 0.5) is 0 Å². The van der Waals surface area contributed by atoms with E-state index in [2.05, 4.69) is 0 Å². The second-order valence-electron chi connectivity index (χ2n) is 4.49. The molecule has 1 aromatic rings. The van der Waals surface area contributed by atoms with E-state index >= 15 is 0 Å². The van der Waals surface area contributed by atoms with Crippen molar-refractivity contribution < 1.29 is 18.0 Å². The summed E-state index contributed by atoms with van der Waals surface area (Å²) in [4.78, 5) is 0. The van der Waals surface area contributed by atoms with Crippen LogP contribution in [-0.4, -0.2) is 35.7 Å². The van der Waals surface area contributed by atoms with Gasteiger partial charge in [-0.25, -0.2) is 0 Å². The number of methoxy groups -OCH3 is 1. The zero-order valence-corrected chi connectivity index (χ0v) is 14.4. The molecule has 0 amide bonds. The van der Waals surface area contributed by atoms with Crippen LogP contribution in [-0.2, 0) is 13.3 Å². The van der Waals surface area contributed by atoms with Crippen molar-refractivity contribution in [1.82, 2.24) is 0 Å². The Labute approximate surface area is 123 Å². The van der Waals surface area contributed by atoms with Gasteiger partial charge in [-0.2, -0.15) is 0 Å². The summed E-state index contributed by atoms with van der Waals surface area (Å²) in [5.74, 6) is 0.844. The molecule has 1 aromatic carbocycles. The van der Waals surface area contributed by atoms with E-state index in [1.54, 1.807) is 7.11 Å². The lowest BCUT2D eigenvalue weighted by molar-refractivity contribution is 0.0857. The minimum absolute atomic E-state index is 0.567. The van der Waals surface area contributed by atoms with Crippen LogP contribution < -0.4 is 9.92 Å². The minimum Gasteiger partial charge on any atom is -0.497 e. The Balaban J connectivity index is 3.38. The first-order valence-electron chi connectivity index (χ1n) is 7.12. The van der Waals surface area contributed by atoms with Crippen LogP contribution in [0.2, 0.25) is 0 Å². The van der Waals surface area contributed by atoms with E-state index in [1.807, 2.05) is 46.8 Å². The minimum atomic E-state index is -2.85. The van der Waals surface area contributed by atoms with Crippen LogP contribution in [0.5, 0.6) is 5.75 Å². The molecule has 0 heterocycles. The van der Waals surface area contributed by atoms with Crippen molar-refractivity contribution in [3.8, 4) is 5.75 Å². The van der Waals surface area contributed by atoms with Gasteiger partial charge >= 0.3 is 8.80 Å². The number of aryl methyl sites for hydroxylation is 2. The molecule has 0 aromatic heterocycles. The molecule has 5 heteroatoms. The van der Waals surface area contributed by atoms with Crippen LogP contribution in [0.15, 0.2) is 12.1 Å². The van der Waals surface area contributed by atoms with Gasteiger partial charge in [-0.3, -0.25) is 0 Å². The van der Waals surface area contributed by atoms with Crippen LogP contribution in [0.1, 0.15) is 31.9 Å². The van der Waals surface area contributed by atoms with Crippen molar-refractivity contribution >= 4 is 14.0 Å². The topological polar surface area (TPSA) is 36.9 Å². The summed E-state index contributed by atoms with van der Waals surface area (Å²) < 4.78 is 23.3. The Kier molecular flexibility index (Phi) is 6.68. The summed E-state index contributed by atoms with van der Waals surface area (Å²) in [6, 6.07) is 4.00. The fourth-order valence-corrected chi connectivity index (χ4v) is 5.37. The van der Waals surface area contributed by atoms with Gasteiger partial charge in [0.1, 0.15) is 5.75 Å². The van der Waals surface area contributed by atoms with E-state index in [9.17, 15) is 0 Å². The molecule has 4 nitrogen and oxygen atoms in total. The summed E-state index contributed by atoms with van der Waals surface area (Å²) in [6.45, 7) is 11.7. The average molecular weight is 298 g/mol. The Bertz CT molecular complexity index is 394. The first-order valence-corrected chi connectivity index (χ1v) is 8.84. The van der Waals surface area contributed by atoms with Gasteiger partial charge in [-0.15, -0.1) is 0 Å². The lowest BCUT2D eigenvalue weighted by Gasteiger charge is -2.31. The van der Waals surface area contributed by atoms with Gasteiger partial charge in [0, 0.05) is 25.0 Å². The predicted octanol–water partition coefficient (Wildman–Crippen LogP) is 2.57. The summed E-state index contributed by atoms with van der Waals surface area (Å²) in [5.41, 5.74) is 2.17. The third-order valence-corrected chi connectivity index (χ3v) is 6.46. The normalized spacial score (nSPS) is 11.7. The molecular formula is C15H26O4Si. The molecule has 20 heavy (non-hydrogen) atoms. The third-order valence-electron chi connectivity index (χ3n) is 3.05. The summed E-state index contributed by atoms with van der Waals surface area (Å²) in [6.07, 6.45) is 0. The molecule has 0 aliphatic rings.